The third kappa shape index (κ3) is 6.47. The molecule has 0 heterocycles. The highest BCUT2D eigenvalue weighted by Crippen LogP contribution is 2.26. The van der Waals surface area contributed by atoms with E-state index in [0.717, 1.165) is 6.07 Å². The van der Waals surface area contributed by atoms with Crippen molar-refractivity contribution in [3.05, 3.63) is 33.3 Å². The number of nitrogens with zero attached hydrogens (tertiary/aromatic N) is 2. The molecular formula is C15H20ClN3O7. The van der Waals surface area contributed by atoms with Crippen LogP contribution in [0.15, 0.2) is 18.2 Å². The first-order valence-corrected chi connectivity index (χ1v) is 7.82. The van der Waals surface area contributed by atoms with E-state index in [0.29, 0.717) is 0 Å². The number of nitro groups is 1. The average molecular weight is 390 g/mol. The van der Waals surface area contributed by atoms with E-state index >= 15 is 0 Å². The fraction of sp³-hybridized carbons (Fsp3) is 0.467. The predicted molar refractivity (Wildman–Crippen MR) is 93.1 cm³/mol. The maximum atomic E-state index is 12.5. The lowest BCUT2D eigenvalue weighted by Crippen LogP contribution is -2.42. The Kier molecular flexibility index (Phi) is 8.76. The number of urea groups is 1. The van der Waals surface area contributed by atoms with Crippen molar-refractivity contribution in [2.75, 3.05) is 39.7 Å². The minimum absolute atomic E-state index is 0.00972. The van der Waals surface area contributed by atoms with Gasteiger partial charge in [-0.3, -0.25) is 14.9 Å². The second-order valence-electron chi connectivity index (χ2n) is 5.02. The molecule has 0 atom stereocenters. The van der Waals surface area contributed by atoms with Crippen LogP contribution in [0.1, 0.15) is 6.42 Å². The fourth-order valence-corrected chi connectivity index (χ4v) is 2.16. The molecule has 1 N–H and O–H groups in total. The molecule has 0 aliphatic carbocycles. The summed E-state index contributed by atoms with van der Waals surface area (Å²) in [6.07, 6.45) is -0.733. The molecule has 0 radical (unpaired) electrons. The van der Waals surface area contributed by atoms with Crippen LogP contribution in [-0.4, -0.2) is 62.5 Å². The molecule has 0 bridgehead atoms. The lowest BCUT2D eigenvalue weighted by Gasteiger charge is -2.26. The van der Waals surface area contributed by atoms with Gasteiger partial charge in [-0.15, -0.1) is 0 Å². The molecule has 0 fully saturated rings. The first-order valence-electron chi connectivity index (χ1n) is 7.44. The number of halogens is 1. The minimum Gasteiger partial charge on any atom is -0.469 e. The van der Waals surface area contributed by atoms with E-state index in [2.05, 4.69) is 10.1 Å². The largest absolute Gasteiger partial charge is 0.469 e. The van der Waals surface area contributed by atoms with Gasteiger partial charge in [-0.25, -0.2) is 4.79 Å². The summed E-state index contributed by atoms with van der Waals surface area (Å²) >= 11 is 5.97. The summed E-state index contributed by atoms with van der Waals surface area (Å²) in [5.74, 6) is -0.484. The number of anilines is 1. The number of rotatable bonds is 9. The summed E-state index contributed by atoms with van der Waals surface area (Å²) in [6, 6.07) is 3.08. The number of carbonyl (C=O) groups is 2. The Hall–Kier alpha value is -2.43. The number of benzene rings is 1. The molecule has 10 nitrogen and oxygen atoms in total. The van der Waals surface area contributed by atoms with Gasteiger partial charge in [0, 0.05) is 32.9 Å². The number of methoxy groups -OCH3 is 3. The maximum Gasteiger partial charge on any atom is 0.322 e. The van der Waals surface area contributed by atoms with Crippen LogP contribution in [0.4, 0.5) is 16.2 Å². The van der Waals surface area contributed by atoms with Gasteiger partial charge in [-0.05, 0) is 6.07 Å². The molecule has 0 aromatic heterocycles. The van der Waals surface area contributed by atoms with Gasteiger partial charge in [0.05, 0.1) is 35.7 Å². The van der Waals surface area contributed by atoms with Crippen LogP contribution < -0.4 is 5.32 Å². The van der Waals surface area contributed by atoms with Crippen LogP contribution >= 0.6 is 11.6 Å². The van der Waals surface area contributed by atoms with Crippen molar-refractivity contribution >= 4 is 35.0 Å². The summed E-state index contributed by atoms with van der Waals surface area (Å²) in [5.41, 5.74) is -0.00825. The average Bonchev–Trinajstić information content (AvgIpc) is 2.62. The van der Waals surface area contributed by atoms with Crippen LogP contribution in [0.2, 0.25) is 5.02 Å². The van der Waals surface area contributed by atoms with Gasteiger partial charge in [-0.2, -0.15) is 0 Å². The van der Waals surface area contributed by atoms with E-state index < -0.39 is 23.2 Å². The second-order valence-corrected chi connectivity index (χ2v) is 5.43. The molecule has 0 unspecified atom stereocenters. The molecule has 144 valence electrons. The molecule has 2 amide bonds. The number of non-ortho nitro benzene ring substituents is 1. The van der Waals surface area contributed by atoms with Gasteiger partial charge < -0.3 is 24.4 Å². The zero-order chi connectivity index (χ0) is 19.7. The Morgan fingerprint density at radius 1 is 1.31 bits per heavy atom. The number of esters is 1. The zero-order valence-corrected chi connectivity index (χ0v) is 15.3. The van der Waals surface area contributed by atoms with E-state index in [4.69, 9.17) is 21.1 Å². The number of hydrogen-bond acceptors (Lipinski definition) is 7. The predicted octanol–water partition coefficient (Wildman–Crippen LogP) is 2.26. The van der Waals surface area contributed by atoms with Crippen molar-refractivity contribution in [1.29, 1.82) is 0 Å². The van der Waals surface area contributed by atoms with Gasteiger partial charge in [0.25, 0.3) is 5.69 Å². The molecule has 0 aliphatic heterocycles. The smallest absolute Gasteiger partial charge is 0.322 e. The maximum absolute atomic E-state index is 12.5. The van der Waals surface area contributed by atoms with Crippen LogP contribution in [0.5, 0.6) is 0 Å². The standard InChI is InChI=1S/C15H20ClN3O7/c1-24-13(20)6-7-18(9-14(25-2)26-3)15(21)17-12-5-4-10(19(22)23)8-11(12)16/h4-5,8,14H,6-7,9H2,1-3H3,(H,17,21). The van der Waals surface area contributed by atoms with E-state index in [1.54, 1.807) is 0 Å². The Balaban J connectivity index is 2.89. The topological polar surface area (TPSA) is 120 Å². The van der Waals surface area contributed by atoms with Crippen LogP contribution in [0.3, 0.4) is 0 Å². The third-order valence-corrected chi connectivity index (χ3v) is 3.71. The Morgan fingerprint density at radius 2 is 1.96 bits per heavy atom. The molecule has 11 heteroatoms. The fourth-order valence-electron chi connectivity index (χ4n) is 1.94. The monoisotopic (exact) mass is 389 g/mol. The van der Waals surface area contributed by atoms with E-state index in [1.165, 1.54) is 38.4 Å². The summed E-state index contributed by atoms with van der Waals surface area (Å²) < 4.78 is 14.7. The molecule has 0 aliphatic rings. The number of ether oxygens (including phenoxy) is 3. The van der Waals surface area contributed by atoms with Gasteiger partial charge in [0.1, 0.15) is 0 Å². The lowest BCUT2D eigenvalue weighted by atomic mass is 10.3. The van der Waals surface area contributed by atoms with Gasteiger partial charge in [0.15, 0.2) is 6.29 Å². The summed E-state index contributed by atoms with van der Waals surface area (Å²) in [6.45, 7) is 0.0900. The van der Waals surface area contributed by atoms with Crippen molar-refractivity contribution in [3.8, 4) is 0 Å². The number of nitro benzene ring substituents is 1. The van der Waals surface area contributed by atoms with Gasteiger partial charge in [-0.1, -0.05) is 11.6 Å². The highest BCUT2D eigenvalue weighted by molar-refractivity contribution is 6.33. The van der Waals surface area contributed by atoms with Crippen molar-refractivity contribution < 1.29 is 28.7 Å². The summed E-state index contributed by atoms with van der Waals surface area (Å²) in [5, 5.41) is 13.3. The summed E-state index contributed by atoms with van der Waals surface area (Å²) in [4.78, 5) is 35.3. The van der Waals surface area contributed by atoms with Gasteiger partial charge >= 0.3 is 12.0 Å². The SMILES string of the molecule is COC(=O)CCN(CC(OC)OC)C(=O)Nc1ccc([N+](=O)[O-])cc1Cl. The number of nitrogens with one attached hydrogen (secondary N) is 1. The van der Waals surface area contributed by atoms with E-state index in [1.807, 2.05) is 0 Å². The normalized spacial score (nSPS) is 10.5. The van der Waals surface area contributed by atoms with Crippen molar-refractivity contribution in [3.63, 3.8) is 0 Å². The van der Waals surface area contributed by atoms with E-state index in [-0.39, 0.29) is 35.9 Å². The Bertz CT molecular complexity index is 652. The van der Waals surface area contributed by atoms with Crippen molar-refractivity contribution in [1.82, 2.24) is 4.90 Å². The second kappa shape index (κ2) is 10.5. The Labute approximate surface area is 155 Å². The molecule has 1 aromatic rings. The quantitative estimate of drug-likeness (QED) is 0.297. The van der Waals surface area contributed by atoms with Crippen LogP contribution in [0.25, 0.3) is 0 Å². The van der Waals surface area contributed by atoms with E-state index in [9.17, 15) is 19.7 Å². The van der Waals surface area contributed by atoms with Crippen molar-refractivity contribution in [2.24, 2.45) is 0 Å². The van der Waals surface area contributed by atoms with Crippen molar-refractivity contribution in [2.45, 2.75) is 12.7 Å². The lowest BCUT2D eigenvalue weighted by molar-refractivity contribution is -0.384. The molecular weight excluding hydrogens is 370 g/mol. The molecule has 0 saturated carbocycles. The highest BCUT2D eigenvalue weighted by Gasteiger charge is 2.21. The van der Waals surface area contributed by atoms with Crippen LogP contribution in [0, 0.1) is 10.1 Å². The summed E-state index contributed by atoms with van der Waals surface area (Å²) in [7, 11) is 4.08. The molecule has 26 heavy (non-hydrogen) atoms. The Morgan fingerprint density at radius 3 is 2.46 bits per heavy atom. The zero-order valence-electron chi connectivity index (χ0n) is 14.6. The number of hydrogen-bond donors (Lipinski definition) is 1. The number of amides is 2. The highest BCUT2D eigenvalue weighted by atomic mass is 35.5. The van der Waals surface area contributed by atoms with Crippen LogP contribution in [-0.2, 0) is 19.0 Å². The minimum atomic E-state index is -0.703. The first kappa shape index (κ1) is 21.6. The molecule has 0 spiro atoms. The first-order chi connectivity index (χ1) is 12.3. The molecule has 1 aromatic carbocycles. The molecule has 1 rings (SSSR count). The van der Waals surface area contributed by atoms with Gasteiger partial charge in [0.2, 0.25) is 0 Å². The number of carbonyl (C=O) groups excluding carboxylic acids is 2. The molecule has 0 saturated heterocycles. The third-order valence-electron chi connectivity index (χ3n) is 3.40.